The molecular weight excluding hydrogens is 252 g/mol. The first-order chi connectivity index (χ1) is 8.44. The summed E-state index contributed by atoms with van der Waals surface area (Å²) in [5, 5.41) is 0. The zero-order chi connectivity index (χ0) is 13.2. The summed E-state index contributed by atoms with van der Waals surface area (Å²) in [4.78, 5) is 6.43. The van der Waals surface area contributed by atoms with Gasteiger partial charge in [-0.2, -0.15) is 0 Å². The predicted molar refractivity (Wildman–Crippen MR) is 72.1 cm³/mol. The first-order valence-corrected chi connectivity index (χ1v) is 7.77. The van der Waals surface area contributed by atoms with Gasteiger partial charge in [0.1, 0.15) is 5.82 Å². The van der Waals surface area contributed by atoms with Crippen LogP contribution in [0.1, 0.15) is 12.8 Å². The highest BCUT2D eigenvalue weighted by Gasteiger charge is 2.17. The van der Waals surface area contributed by atoms with Gasteiger partial charge in [0, 0.05) is 19.1 Å². The summed E-state index contributed by atoms with van der Waals surface area (Å²) in [6.07, 6.45) is 4.58. The molecule has 6 nitrogen and oxygen atoms in total. The maximum atomic E-state index is 11.1. The lowest BCUT2D eigenvalue weighted by Gasteiger charge is -2.31. The van der Waals surface area contributed by atoms with Crippen LogP contribution in [0.3, 0.4) is 0 Å². The maximum Gasteiger partial charge on any atom is 0.229 e. The van der Waals surface area contributed by atoms with Crippen molar-refractivity contribution < 1.29 is 8.42 Å². The highest BCUT2D eigenvalue weighted by Crippen LogP contribution is 2.18. The fraction of sp³-hybridized carbons (Fsp3) is 0.545. The van der Waals surface area contributed by atoms with Crippen molar-refractivity contribution in [3.63, 3.8) is 0 Å². The molecule has 1 saturated heterocycles. The lowest BCUT2D eigenvalue weighted by atomic mass is 10.1. The number of nitrogens with two attached hydrogens (primary N) is 1. The van der Waals surface area contributed by atoms with Crippen molar-refractivity contribution in [1.29, 1.82) is 0 Å². The second kappa shape index (κ2) is 5.11. The van der Waals surface area contributed by atoms with Crippen molar-refractivity contribution in [1.82, 2.24) is 4.98 Å². The normalized spacial score (nSPS) is 17.8. The topological polar surface area (TPSA) is 88.3 Å². The molecule has 1 fully saturated rings. The first kappa shape index (κ1) is 13.1. The minimum absolute atomic E-state index is 0.285. The van der Waals surface area contributed by atoms with Crippen LogP contribution in [0, 0.1) is 0 Å². The van der Waals surface area contributed by atoms with E-state index in [4.69, 9.17) is 5.73 Å². The Hall–Kier alpha value is -1.34. The number of aromatic nitrogens is 1. The largest absolute Gasteiger partial charge is 0.357 e. The van der Waals surface area contributed by atoms with E-state index >= 15 is 0 Å². The third-order valence-electron chi connectivity index (χ3n) is 2.91. The highest BCUT2D eigenvalue weighted by atomic mass is 32.2. The van der Waals surface area contributed by atoms with E-state index in [1.807, 2.05) is 6.07 Å². The molecule has 1 aliphatic heterocycles. The Morgan fingerprint density at radius 1 is 1.39 bits per heavy atom. The Labute approximate surface area is 107 Å². The van der Waals surface area contributed by atoms with Gasteiger partial charge in [0.2, 0.25) is 10.0 Å². The SMILES string of the molecule is CS(=O)(=O)Nc1ccc(N2CCC(N)CC2)nc1. The molecule has 0 radical (unpaired) electrons. The van der Waals surface area contributed by atoms with Gasteiger partial charge in [-0.15, -0.1) is 0 Å². The molecule has 0 aromatic carbocycles. The van der Waals surface area contributed by atoms with Crippen LogP contribution in [-0.4, -0.2) is 38.8 Å². The van der Waals surface area contributed by atoms with Gasteiger partial charge in [-0.25, -0.2) is 13.4 Å². The van der Waals surface area contributed by atoms with E-state index in [1.54, 1.807) is 6.07 Å². The van der Waals surface area contributed by atoms with Crippen LogP contribution in [0.5, 0.6) is 0 Å². The van der Waals surface area contributed by atoms with E-state index in [0.717, 1.165) is 38.0 Å². The molecule has 0 unspecified atom stereocenters. The average molecular weight is 270 g/mol. The quantitative estimate of drug-likeness (QED) is 0.829. The first-order valence-electron chi connectivity index (χ1n) is 5.88. The van der Waals surface area contributed by atoms with Crippen molar-refractivity contribution in [2.75, 3.05) is 29.0 Å². The van der Waals surface area contributed by atoms with Crippen LogP contribution >= 0.6 is 0 Å². The monoisotopic (exact) mass is 270 g/mol. The van der Waals surface area contributed by atoms with Crippen LogP contribution in [0.15, 0.2) is 18.3 Å². The van der Waals surface area contributed by atoms with Gasteiger partial charge in [-0.3, -0.25) is 4.72 Å². The molecule has 1 aromatic heterocycles. The average Bonchev–Trinajstić information content (AvgIpc) is 2.29. The Morgan fingerprint density at radius 3 is 2.56 bits per heavy atom. The smallest absolute Gasteiger partial charge is 0.229 e. The molecule has 18 heavy (non-hydrogen) atoms. The van der Waals surface area contributed by atoms with Gasteiger partial charge in [-0.1, -0.05) is 0 Å². The number of hydrogen-bond donors (Lipinski definition) is 2. The number of anilines is 2. The molecule has 2 rings (SSSR count). The van der Waals surface area contributed by atoms with Crippen LogP contribution in [0.2, 0.25) is 0 Å². The van der Waals surface area contributed by atoms with Gasteiger partial charge in [0.15, 0.2) is 0 Å². The van der Waals surface area contributed by atoms with Crippen molar-refractivity contribution in [3.8, 4) is 0 Å². The van der Waals surface area contributed by atoms with Gasteiger partial charge >= 0.3 is 0 Å². The van der Waals surface area contributed by atoms with Crippen molar-refractivity contribution >= 4 is 21.5 Å². The molecule has 7 heteroatoms. The number of sulfonamides is 1. The highest BCUT2D eigenvalue weighted by molar-refractivity contribution is 7.92. The molecule has 1 aliphatic rings. The third kappa shape index (κ3) is 3.58. The molecular formula is C11H18N4O2S. The van der Waals surface area contributed by atoms with Crippen LogP contribution in [0.25, 0.3) is 0 Å². The summed E-state index contributed by atoms with van der Waals surface area (Å²) in [6, 6.07) is 3.83. The summed E-state index contributed by atoms with van der Waals surface area (Å²) in [6.45, 7) is 1.79. The lowest BCUT2D eigenvalue weighted by Crippen LogP contribution is -2.40. The summed E-state index contributed by atoms with van der Waals surface area (Å²) in [5.41, 5.74) is 6.33. The van der Waals surface area contributed by atoms with Gasteiger partial charge < -0.3 is 10.6 Å². The number of nitrogens with zero attached hydrogens (tertiary/aromatic N) is 2. The summed E-state index contributed by atoms with van der Waals surface area (Å²) >= 11 is 0. The standard InChI is InChI=1S/C11H18N4O2S/c1-18(16,17)14-10-2-3-11(13-8-10)15-6-4-9(12)5-7-15/h2-3,8-9,14H,4-7,12H2,1H3. The molecule has 2 heterocycles. The lowest BCUT2D eigenvalue weighted by molar-refractivity contribution is 0.498. The van der Waals surface area contributed by atoms with Crippen LogP contribution < -0.4 is 15.4 Å². The number of hydrogen-bond acceptors (Lipinski definition) is 5. The van der Waals surface area contributed by atoms with Crippen molar-refractivity contribution in [2.24, 2.45) is 5.73 Å². The molecule has 1 aromatic rings. The predicted octanol–water partition coefficient (Wildman–Crippen LogP) is 0.381. The molecule has 0 bridgehead atoms. The van der Waals surface area contributed by atoms with E-state index < -0.39 is 10.0 Å². The Kier molecular flexibility index (Phi) is 3.72. The van der Waals surface area contributed by atoms with Crippen LogP contribution in [0.4, 0.5) is 11.5 Å². The summed E-state index contributed by atoms with van der Waals surface area (Å²) in [7, 11) is -3.24. The number of rotatable bonds is 3. The molecule has 0 atom stereocenters. The fourth-order valence-electron chi connectivity index (χ4n) is 1.98. The number of piperidine rings is 1. The van der Waals surface area contributed by atoms with E-state index in [-0.39, 0.29) is 6.04 Å². The number of nitrogens with one attached hydrogen (secondary N) is 1. The van der Waals surface area contributed by atoms with Gasteiger partial charge in [0.25, 0.3) is 0 Å². The minimum Gasteiger partial charge on any atom is -0.357 e. The Morgan fingerprint density at radius 2 is 2.06 bits per heavy atom. The number of pyridine rings is 1. The molecule has 0 saturated carbocycles. The maximum absolute atomic E-state index is 11.1. The third-order valence-corrected chi connectivity index (χ3v) is 3.52. The van der Waals surface area contributed by atoms with Gasteiger partial charge in [-0.05, 0) is 25.0 Å². The van der Waals surface area contributed by atoms with Crippen LogP contribution in [-0.2, 0) is 10.0 Å². The summed E-state index contributed by atoms with van der Waals surface area (Å²) in [5.74, 6) is 0.862. The Bertz CT molecular complexity index is 492. The van der Waals surface area contributed by atoms with Crippen molar-refractivity contribution in [3.05, 3.63) is 18.3 Å². The van der Waals surface area contributed by atoms with Crippen molar-refractivity contribution in [2.45, 2.75) is 18.9 Å². The van der Waals surface area contributed by atoms with E-state index in [9.17, 15) is 8.42 Å². The zero-order valence-corrected chi connectivity index (χ0v) is 11.2. The molecule has 0 spiro atoms. The molecule has 0 aliphatic carbocycles. The second-order valence-corrected chi connectivity index (χ2v) is 6.35. The Balaban J connectivity index is 2.03. The van der Waals surface area contributed by atoms with E-state index in [0.29, 0.717) is 5.69 Å². The zero-order valence-electron chi connectivity index (χ0n) is 10.3. The second-order valence-electron chi connectivity index (χ2n) is 4.60. The molecule has 3 N–H and O–H groups in total. The van der Waals surface area contributed by atoms with Gasteiger partial charge in [0.05, 0.1) is 18.1 Å². The minimum atomic E-state index is -3.24. The molecule has 0 amide bonds. The molecule has 100 valence electrons. The van der Waals surface area contributed by atoms with E-state index in [2.05, 4.69) is 14.6 Å². The summed E-state index contributed by atoms with van der Waals surface area (Å²) < 4.78 is 24.5. The fourth-order valence-corrected chi connectivity index (χ4v) is 2.53. The van der Waals surface area contributed by atoms with E-state index in [1.165, 1.54) is 6.20 Å².